The van der Waals surface area contributed by atoms with Crippen LogP contribution < -0.4 is 16.2 Å². The molecule has 2 atom stereocenters. The minimum absolute atomic E-state index is 0.0769. The second-order valence-electron chi connectivity index (χ2n) is 10.6. The highest BCUT2D eigenvalue weighted by atomic mass is 32.2. The maximum absolute atomic E-state index is 13.7. The fraction of sp³-hybridized carbons (Fsp3) is 0.333. The Kier molecular flexibility index (Phi) is 9.71. The van der Waals surface area contributed by atoms with Crippen molar-refractivity contribution in [2.24, 2.45) is 0 Å². The Bertz CT molecular complexity index is 1600. The lowest BCUT2D eigenvalue weighted by Gasteiger charge is -2.18. The minimum atomic E-state index is -0.426. The molecule has 0 aliphatic carbocycles. The number of thioether (sulfide) groups is 1. The minimum Gasteiger partial charge on any atom is -0.376 e. The summed E-state index contributed by atoms with van der Waals surface area (Å²) < 4.78 is 7.21. The van der Waals surface area contributed by atoms with Crippen molar-refractivity contribution in [3.05, 3.63) is 105 Å². The molecular formula is C33H36N4O4S. The Labute approximate surface area is 249 Å². The molecular weight excluding hydrogens is 548 g/mol. The first-order valence-electron chi connectivity index (χ1n) is 14.4. The Hall–Kier alpha value is -3.95. The standard InChI is InChI=1S/C33H36N4O4S/c1-3-29(31(39)34-19-23-12-10-22(2)11-13-23)42-33-36-28-9-5-4-8-27(28)32(40)37(33)21-24-14-16-25(17-15-24)30(38)35-20-26-7-6-18-41-26/h4-5,8-17,26,29H,3,6-7,18-21H2,1-2H3,(H,34,39)(H,35,38)/t26-,29-/m0/s1. The zero-order chi connectivity index (χ0) is 29.5. The summed E-state index contributed by atoms with van der Waals surface area (Å²) >= 11 is 1.30. The second-order valence-corrected chi connectivity index (χ2v) is 11.7. The molecule has 9 heteroatoms. The molecule has 42 heavy (non-hydrogen) atoms. The molecule has 0 saturated carbocycles. The average molecular weight is 585 g/mol. The number of fused-ring (bicyclic) bond motifs is 1. The van der Waals surface area contributed by atoms with Crippen LogP contribution in [0.15, 0.2) is 82.7 Å². The van der Waals surface area contributed by atoms with E-state index in [2.05, 4.69) is 10.6 Å². The molecule has 8 nitrogen and oxygen atoms in total. The number of hydrogen-bond acceptors (Lipinski definition) is 6. The molecule has 3 aromatic carbocycles. The third-order valence-electron chi connectivity index (χ3n) is 7.40. The predicted octanol–water partition coefficient (Wildman–Crippen LogP) is 4.85. The molecule has 2 N–H and O–H groups in total. The average Bonchev–Trinajstić information content (AvgIpc) is 3.54. The van der Waals surface area contributed by atoms with Crippen LogP contribution in [0.2, 0.25) is 0 Å². The van der Waals surface area contributed by atoms with Gasteiger partial charge in [-0.25, -0.2) is 4.98 Å². The summed E-state index contributed by atoms with van der Waals surface area (Å²) in [6.07, 6.45) is 2.63. The quantitative estimate of drug-likeness (QED) is 0.193. The highest BCUT2D eigenvalue weighted by molar-refractivity contribution is 8.00. The SMILES string of the molecule is CC[C@H](Sc1nc2ccccc2c(=O)n1Cc1ccc(C(=O)NC[C@@H]2CCCO2)cc1)C(=O)NCc1ccc(C)cc1. The Morgan fingerprint density at radius 2 is 1.76 bits per heavy atom. The van der Waals surface area contributed by atoms with E-state index in [4.69, 9.17) is 9.72 Å². The molecule has 2 amide bonds. The van der Waals surface area contributed by atoms with Gasteiger partial charge in [0.25, 0.3) is 11.5 Å². The van der Waals surface area contributed by atoms with Crippen molar-refractivity contribution in [3.63, 3.8) is 0 Å². The summed E-state index contributed by atoms with van der Waals surface area (Å²) in [5.41, 5.74) is 4.01. The van der Waals surface area contributed by atoms with Crippen molar-refractivity contribution >= 4 is 34.5 Å². The molecule has 0 unspecified atom stereocenters. The van der Waals surface area contributed by atoms with Crippen molar-refractivity contribution in [3.8, 4) is 0 Å². The molecule has 1 aliphatic rings. The summed E-state index contributed by atoms with van der Waals surface area (Å²) in [5.74, 6) is -0.254. The highest BCUT2D eigenvalue weighted by Gasteiger charge is 2.22. The van der Waals surface area contributed by atoms with Gasteiger partial charge in [-0.1, -0.05) is 72.8 Å². The molecule has 0 spiro atoms. The molecule has 5 rings (SSSR count). The molecule has 1 saturated heterocycles. The maximum Gasteiger partial charge on any atom is 0.262 e. The van der Waals surface area contributed by atoms with Crippen molar-refractivity contribution < 1.29 is 14.3 Å². The van der Waals surface area contributed by atoms with Gasteiger partial charge >= 0.3 is 0 Å². The highest BCUT2D eigenvalue weighted by Crippen LogP contribution is 2.26. The number of aryl methyl sites for hydroxylation is 1. The van der Waals surface area contributed by atoms with E-state index < -0.39 is 5.25 Å². The summed E-state index contributed by atoms with van der Waals surface area (Å²) in [4.78, 5) is 44.3. The number of para-hydroxylation sites is 1. The van der Waals surface area contributed by atoms with Gasteiger partial charge in [-0.15, -0.1) is 0 Å². The third kappa shape index (κ3) is 7.27. The molecule has 0 radical (unpaired) electrons. The maximum atomic E-state index is 13.7. The van der Waals surface area contributed by atoms with Crippen molar-refractivity contribution in [2.75, 3.05) is 13.2 Å². The number of benzene rings is 3. The van der Waals surface area contributed by atoms with Gasteiger partial charge in [0.15, 0.2) is 5.16 Å². The Morgan fingerprint density at radius 1 is 1.02 bits per heavy atom. The van der Waals surface area contributed by atoms with E-state index in [9.17, 15) is 14.4 Å². The van der Waals surface area contributed by atoms with Gasteiger partial charge in [-0.3, -0.25) is 19.0 Å². The van der Waals surface area contributed by atoms with Crippen LogP contribution in [0.25, 0.3) is 10.9 Å². The lowest BCUT2D eigenvalue weighted by molar-refractivity contribution is -0.120. The van der Waals surface area contributed by atoms with Crippen LogP contribution in [0.1, 0.15) is 53.2 Å². The topological polar surface area (TPSA) is 102 Å². The van der Waals surface area contributed by atoms with E-state index in [1.165, 1.54) is 17.3 Å². The third-order valence-corrected chi connectivity index (χ3v) is 8.75. The normalized spacial score (nSPS) is 15.4. The van der Waals surface area contributed by atoms with Crippen LogP contribution in [0.4, 0.5) is 0 Å². The fourth-order valence-corrected chi connectivity index (χ4v) is 5.93. The molecule has 2 heterocycles. The first kappa shape index (κ1) is 29.5. The summed E-state index contributed by atoms with van der Waals surface area (Å²) in [5, 5.41) is 6.55. The van der Waals surface area contributed by atoms with Crippen LogP contribution in [0.5, 0.6) is 0 Å². The van der Waals surface area contributed by atoms with E-state index in [-0.39, 0.29) is 30.0 Å². The van der Waals surface area contributed by atoms with Gasteiger partial charge in [-0.05, 0) is 61.6 Å². The number of carbonyl (C=O) groups excluding carboxylic acids is 2. The van der Waals surface area contributed by atoms with Gasteiger partial charge in [0, 0.05) is 25.3 Å². The van der Waals surface area contributed by atoms with Gasteiger partial charge in [-0.2, -0.15) is 0 Å². The van der Waals surface area contributed by atoms with Gasteiger partial charge in [0.05, 0.1) is 28.8 Å². The van der Waals surface area contributed by atoms with Crippen molar-refractivity contribution in [2.45, 2.75) is 62.7 Å². The largest absolute Gasteiger partial charge is 0.376 e. The molecule has 218 valence electrons. The second kappa shape index (κ2) is 13.8. The lowest BCUT2D eigenvalue weighted by Crippen LogP contribution is -2.33. The predicted molar refractivity (Wildman–Crippen MR) is 166 cm³/mol. The van der Waals surface area contributed by atoms with Gasteiger partial charge < -0.3 is 15.4 Å². The van der Waals surface area contributed by atoms with Crippen LogP contribution in [-0.4, -0.2) is 45.9 Å². The molecule has 1 aliphatic heterocycles. The van der Waals surface area contributed by atoms with Crippen LogP contribution in [0, 0.1) is 6.92 Å². The summed E-state index contributed by atoms with van der Waals surface area (Å²) in [6, 6.07) is 22.5. The Balaban J connectivity index is 1.33. The number of ether oxygens (including phenoxy) is 1. The molecule has 1 fully saturated rings. The number of rotatable bonds is 11. The molecule has 4 aromatic rings. The number of nitrogens with one attached hydrogen (secondary N) is 2. The monoisotopic (exact) mass is 584 g/mol. The molecule has 1 aromatic heterocycles. The zero-order valence-corrected chi connectivity index (χ0v) is 24.8. The first-order chi connectivity index (χ1) is 20.4. The van der Waals surface area contributed by atoms with Crippen molar-refractivity contribution in [1.82, 2.24) is 20.2 Å². The number of amides is 2. The van der Waals surface area contributed by atoms with Crippen molar-refractivity contribution in [1.29, 1.82) is 0 Å². The van der Waals surface area contributed by atoms with E-state index in [0.29, 0.717) is 41.1 Å². The number of aromatic nitrogens is 2. The van der Waals surface area contributed by atoms with Crippen LogP contribution in [0.3, 0.4) is 0 Å². The molecule has 0 bridgehead atoms. The van der Waals surface area contributed by atoms with E-state index in [1.807, 2.05) is 68.4 Å². The number of nitrogens with zero attached hydrogens (tertiary/aromatic N) is 2. The summed E-state index contributed by atoms with van der Waals surface area (Å²) in [6.45, 7) is 5.92. The van der Waals surface area contributed by atoms with E-state index >= 15 is 0 Å². The van der Waals surface area contributed by atoms with Gasteiger partial charge in [0.1, 0.15) is 0 Å². The number of carbonyl (C=O) groups is 2. The van der Waals surface area contributed by atoms with Crippen LogP contribution >= 0.6 is 11.8 Å². The number of hydrogen-bond donors (Lipinski definition) is 2. The van der Waals surface area contributed by atoms with E-state index in [0.717, 1.165) is 30.6 Å². The van der Waals surface area contributed by atoms with Gasteiger partial charge in [0.2, 0.25) is 5.91 Å². The van der Waals surface area contributed by atoms with Crippen LogP contribution in [-0.2, 0) is 22.6 Å². The summed E-state index contributed by atoms with van der Waals surface area (Å²) in [7, 11) is 0. The Morgan fingerprint density at radius 3 is 2.48 bits per heavy atom. The lowest BCUT2D eigenvalue weighted by atomic mass is 10.1. The van der Waals surface area contributed by atoms with E-state index in [1.54, 1.807) is 22.8 Å². The zero-order valence-electron chi connectivity index (χ0n) is 24.0. The fourth-order valence-electron chi connectivity index (χ4n) is 4.89. The first-order valence-corrected chi connectivity index (χ1v) is 15.3. The smallest absolute Gasteiger partial charge is 0.262 e.